The molecule has 25 heavy (non-hydrogen) atoms. The van der Waals surface area contributed by atoms with Gasteiger partial charge in [-0.1, -0.05) is 48.5 Å². The molecule has 1 amide bonds. The van der Waals surface area contributed by atoms with E-state index in [1.165, 1.54) is 5.56 Å². The molecule has 0 aliphatic carbocycles. The van der Waals surface area contributed by atoms with E-state index in [4.69, 9.17) is 10.5 Å². The van der Waals surface area contributed by atoms with Crippen LogP contribution in [0.15, 0.2) is 54.6 Å². The standard InChI is InChI=1S/C21H26N2O2/c1-16(21(24)23-12-11-18(14-22)15-23)25-20-10-6-5-9-19(20)13-17-7-3-2-4-8-17/h2-10,16,18H,11-15,22H2,1H3/t16-,18-/m1/s1. The van der Waals surface area contributed by atoms with Crippen molar-refractivity contribution in [2.45, 2.75) is 25.9 Å². The molecule has 0 saturated carbocycles. The largest absolute Gasteiger partial charge is 0.481 e. The number of likely N-dealkylation sites (tertiary alicyclic amines) is 1. The van der Waals surface area contributed by atoms with Crippen molar-refractivity contribution in [3.63, 3.8) is 0 Å². The van der Waals surface area contributed by atoms with Gasteiger partial charge in [0.2, 0.25) is 0 Å². The number of hydrogen-bond donors (Lipinski definition) is 1. The number of carbonyl (C=O) groups excluding carboxylic acids is 1. The molecule has 4 heteroatoms. The van der Waals surface area contributed by atoms with Crippen LogP contribution in [0.5, 0.6) is 5.75 Å². The summed E-state index contributed by atoms with van der Waals surface area (Å²) in [4.78, 5) is 14.5. The first-order chi connectivity index (χ1) is 12.2. The predicted molar refractivity (Wildman–Crippen MR) is 99.5 cm³/mol. The SMILES string of the molecule is C[C@@H](Oc1ccccc1Cc1ccccc1)C(=O)N1CC[C@H](CN)C1. The highest BCUT2D eigenvalue weighted by Gasteiger charge is 2.29. The Bertz CT molecular complexity index is 702. The van der Waals surface area contributed by atoms with Crippen molar-refractivity contribution in [3.05, 3.63) is 65.7 Å². The van der Waals surface area contributed by atoms with Crippen molar-refractivity contribution in [1.82, 2.24) is 4.90 Å². The molecular formula is C21H26N2O2. The fourth-order valence-electron chi connectivity index (χ4n) is 3.30. The Kier molecular flexibility index (Phi) is 5.71. The maximum absolute atomic E-state index is 12.6. The predicted octanol–water partition coefficient (Wildman–Crippen LogP) is 2.85. The average molecular weight is 338 g/mol. The van der Waals surface area contributed by atoms with Gasteiger partial charge in [0.15, 0.2) is 6.10 Å². The lowest BCUT2D eigenvalue weighted by atomic mass is 10.0. The third-order valence-electron chi connectivity index (χ3n) is 4.79. The van der Waals surface area contributed by atoms with Crippen molar-refractivity contribution in [2.75, 3.05) is 19.6 Å². The Morgan fingerprint density at radius 2 is 1.92 bits per heavy atom. The number of benzene rings is 2. The quantitative estimate of drug-likeness (QED) is 0.881. The zero-order valence-electron chi connectivity index (χ0n) is 14.7. The fraction of sp³-hybridized carbons (Fsp3) is 0.381. The highest BCUT2D eigenvalue weighted by molar-refractivity contribution is 5.81. The Morgan fingerprint density at radius 3 is 2.64 bits per heavy atom. The molecule has 2 N–H and O–H groups in total. The van der Waals surface area contributed by atoms with E-state index in [-0.39, 0.29) is 5.91 Å². The van der Waals surface area contributed by atoms with Crippen molar-refractivity contribution in [1.29, 1.82) is 0 Å². The van der Waals surface area contributed by atoms with Gasteiger partial charge in [0, 0.05) is 19.5 Å². The van der Waals surface area contributed by atoms with Crippen molar-refractivity contribution < 1.29 is 9.53 Å². The van der Waals surface area contributed by atoms with E-state index in [0.717, 1.165) is 37.2 Å². The summed E-state index contributed by atoms with van der Waals surface area (Å²) in [5, 5.41) is 0. The van der Waals surface area contributed by atoms with Crippen LogP contribution >= 0.6 is 0 Å². The van der Waals surface area contributed by atoms with Gasteiger partial charge >= 0.3 is 0 Å². The van der Waals surface area contributed by atoms with Crippen LogP contribution in [0.3, 0.4) is 0 Å². The molecule has 1 aliphatic heterocycles. The molecule has 0 radical (unpaired) electrons. The first kappa shape index (κ1) is 17.5. The maximum atomic E-state index is 12.6. The van der Waals surface area contributed by atoms with Gasteiger partial charge in [-0.15, -0.1) is 0 Å². The molecule has 1 fully saturated rings. The van der Waals surface area contributed by atoms with Crippen molar-refractivity contribution >= 4 is 5.91 Å². The van der Waals surface area contributed by atoms with E-state index < -0.39 is 6.10 Å². The summed E-state index contributed by atoms with van der Waals surface area (Å²) in [6.07, 6.45) is 1.28. The first-order valence-corrected chi connectivity index (χ1v) is 8.94. The highest BCUT2D eigenvalue weighted by Crippen LogP contribution is 2.24. The minimum Gasteiger partial charge on any atom is -0.481 e. The fourth-order valence-corrected chi connectivity index (χ4v) is 3.30. The summed E-state index contributed by atoms with van der Waals surface area (Å²) in [7, 11) is 0. The van der Waals surface area contributed by atoms with E-state index >= 15 is 0 Å². The second kappa shape index (κ2) is 8.17. The highest BCUT2D eigenvalue weighted by atomic mass is 16.5. The smallest absolute Gasteiger partial charge is 0.263 e. The molecule has 0 aromatic heterocycles. The van der Waals surface area contributed by atoms with Gasteiger partial charge in [-0.3, -0.25) is 4.79 Å². The topological polar surface area (TPSA) is 55.6 Å². The Balaban J connectivity index is 1.67. The number of ether oxygens (including phenoxy) is 1. The van der Waals surface area contributed by atoms with Crippen LogP contribution in [-0.4, -0.2) is 36.5 Å². The van der Waals surface area contributed by atoms with E-state index in [2.05, 4.69) is 18.2 Å². The van der Waals surface area contributed by atoms with Crippen LogP contribution < -0.4 is 10.5 Å². The van der Waals surface area contributed by atoms with Crippen LogP contribution in [0.4, 0.5) is 0 Å². The van der Waals surface area contributed by atoms with Gasteiger partial charge in [0.05, 0.1) is 0 Å². The first-order valence-electron chi connectivity index (χ1n) is 8.94. The number of rotatable bonds is 6. The second-order valence-corrected chi connectivity index (χ2v) is 6.70. The van der Waals surface area contributed by atoms with Gasteiger partial charge in [-0.05, 0) is 43.0 Å². The minimum absolute atomic E-state index is 0.0467. The number of carbonyl (C=O) groups is 1. The third-order valence-corrected chi connectivity index (χ3v) is 4.79. The van der Waals surface area contributed by atoms with E-state index in [1.807, 2.05) is 48.2 Å². The van der Waals surface area contributed by atoms with Crippen molar-refractivity contribution in [3.8, 4) is 5.75 Å². The van der Waals surface area contributed by atoms with Gasteiger partial charge in [-0.2, -0.15) is 0 Å². The molecule has 0 bridgehead atoms. The summed E-state index contributed by atoms with van der Waals surface area (Å²) in [6.45, 7) is 3.99. The molecule has 1 saturated heterocycles. The van der Waals surface area contributed by atoms with Gasteiger partial charge in [0.25, 0.3) is 5.91 Å². The molecular weight excluding hydrogens is 312 g/mol. The Morgan fingerprint density at radius 1 is 1.20 bits per heavy atom. The molecule has 3 rings (SSSR count). The van der Waals surface area contributed by atoms with E-state index in [1.54, 1.807) is 0 Å². The molecule has 2 aromatic carbocycles. The lowest BCUT2D eigenvalue weighted by molar-refractivity contribution is -0.137. The zero-order valence-corrected chi connectivity index (χ0v) is 14.7. The Hall–Kier alpha value is -2.33. The van der Waals surface area contributed by atoms with Crippen molar-refractivity contribution in [2.24, 2.45) is 11.7 Å². The number of nitrogens with zero attached hydrogens (tertiary/aromatic N) is 1. The summed E-state index contributed by atoms with van der Waals surface area (Å²) < 4.78 is 6.04. The van der Waals surface area contributed by atoms with E-state index in [9.17, 15) is 4.79 Å². The van der Waals surface area contributed by atoms with Crippen LogP contribution in [0, 0.1) is 5.92 Å². The van der Waals surface area contributed by atoms with Crippen LogP contribution in [0.25, 0.3) is 0 Å². The maximum Gasteiger partial charge on any atom is 0.263 e. The number of para-hydroxylation sites is 1. The van der Waals surface area contributed by atoms with Crippen LogP contribution in [0.2, 0.25) is 0 Å². The monoisotopic (exact) mass is 338 g/mol. The molecule has 4 nitrogen and oxygen atoms in total. The summed E-state index contributed by atoms with van der Waals surface area (Å²) >= 11 is 0. The third kappa shape index (κ3) is 4.40. The zero-order chi connectivity index (χ0) is 17.6. The summed E-state index contributed by atoms with van der Waals surface area (Å²) in [5.74, 6) is 1.24. The second-order valence-electron chi connectivity index (χ2n) is 6.70. The van der Waals surface area contributed by atoms with E-state index in [0.29, 0.717) is 12.5 Å². The lowest BCUT2D eigenvalue weighted by Gasteiger charge is -2.23. The number of hydrogen-bond acceptors (Lipinski definition) is 3. The summed E-state index contributed by atoms with van der Waals surface area (Å²) in [5.41, 5.74) is 8.04. The lowest BCUT2D eigenvalue weighted by Crippen LogP contribution is -2.39. The Labute approximate surface area is 149 Å². The van der Waals surface area contributed by atoms with Gasteiger partial charge in [0.1, 0.15) is 5.75 Å². The molecule has 1 aliphatic rings. The number of amides is 1. The number of nitrogens with two attached hydrogens (primary N) is 1. The van der Waals surface area contributed by atoms with Gasteiger partial charge in [-0.25, -0.2) is 0 Å². The molecule has 132 valence electrons. The van der Waals surface area contributed by atoms with Gasteiger partial charge < -0.3 is 15.4 Å². The molecule has 0 spiro atoms. The minimum atomic E-state index is -0.492. The molecule has 1 heterocycles. The molecule has 2 atom stereocenters. The normalized spacial score (nSPS) is 18.2. The van der Waals surface area contributed by atoms with Crippen LogP contribution in [-0.2, 0) is 11.2 Å². The van der Waals surface area contributed by atoms with Crippen LogP contribution in [0.1, 0.15) is 24.5 Å². The summed E-state index contributed by atoms with van der Waals surface area (Å²) in [6, 6.07) is 18.2. The average Bonchev–Trinajstić information content (AvgIpc) is 3.12. The molecule has 2 aromatic rings. The molecule has 0 unspecified atom stereocenters.